The summed E-state index contributed by atoms with van der Waals surface area (Å²) in [5.41, 5.74) is 10.5. The van der Waals surface area contributed by atoms with Gasteiger partial charge in [0.05, 0.1) is 5.70 Å². The molecule has 0 spiro atoms. The number of fused-ring (bicyclic) bond motifs is 3. The quantitative estimate of drug-likeness (QED) is 0.472. The molecule has 0 aliphatic heterocycles. The van der Waals surface area contributed by atoms with Gasteiger partial charge in [0.2, 0.25) is 0 Å². The molecular formula is C24H21NO. The molecule has 0 fully saturated rings. The fourth-order valence-corrected chi connectivity index (χ4v) is 3.71. The number of hydrogen-bond acceptors (Lipinski definition) is 2. The molecule has 0 radical (unpaired) electrons. The summed E-state index contributed by atoms with van der Waals surface area (Å²) in [6, 6.07) is 26.0. The van der Waals surface area contributed by atoms with Crippen LogP contribution >= 0.6 is 0 Å². The van der Waals surface area contributed by atoms with Crippen LogP contribution < -0.4 is 5.48 Å². The van der Waals surface area contributed by atoms with Crippen LogP contribution in [0.2, 0.25) is 0 Å². The molecule has 1 aliphatic carbocycles. The van der Waals surface area contributed by atoms with Gasteiger partial charge in [-0.25, -0.2) is 0 Å². The molecule has 1 aliphatic rings. The molecule has 3 aromatic rings. The van der Waals surface area contributed by atoms with E-state index in [0.717, 1.165) is 12.0 Å². The summed E-state index contributed by atoms with van der Waals surface area (Å²) in [6.07, 6.45) is 4.66. The second-order valence-electron chi connectivity index (χ2n) is 6.64. The SMILES string of the molecule is C=C(/C=C/c1ccc(CC2c3ccccc3-c3ccccc32)cc1)NO. The van der Waals surface area contributed by atoms with Crippen LogP contribution in [0.1, 0.15) is 28.2 Å². The van der Waals surface area contributed by atoms with E-state index in [9.17, 15) is 0 Å². The molecular weight excluding hydrogens is 318 g/mol. The topological polar surface area (TPSA) is 32.3 Å². The Morgan fingerprint density at radius 2 is 1.46 bits per heavy atom. The molecule has 0 aromatic heterocycles. The lowest BCUT2D eigenvalue weighted by Gasteiger charge is -2.14. The maximum atomic E-state index is 8.78. The predicted molar refractivity (Wildman–Crippen MR) is 107 cm³/mol. The maximum absolute atomic E-state index is 8.78. The lowest BCUT2D eigenvalue weighted by molar-refractivity contribution is 0.205. The van der Waals surface area contributed by atoms with Crippen molar-refractivity contribution in [3.05, 3.63) is 113 Å². The van der Waals surface area contributed by atoms with Gasteiger partial charge in [0.1, 0.15) is 0 Å². The first-order valence-electron chi connectivity index (χ1n) is 8.80. The average Bonchev–Trinajstić information content (AvgIpc) is 3.01. The van der Waals surface area contributed by atoms with Gasteiger partial charge in [0.15, 0.2) is 0 Å². The number of rotatable bonds is 5. The highest BCUT2D eigenvalue weighted by atomic mass is 16.5. The van der Waals surface area contributed by atoms with Crippen molar-refractivity contribution >= 4 is 6.08 Å². The standard InChI is InChI=1S/C24H21NO/c1-17(25-26)10-11-18-12-14-19(15-13-18)16-24-22-8-4-2-6-20(22)21-7-3-5-9-23(21)24/h2-15,24-26H,1,16H2/b11-10+. The minimum Gasteiger partial charge on any atom is -0.291 e. The van der Waals surface area contributed by atoms with Crippen molar-refractivity contribution in [1.82, 2.24) is 5.48 Å². The van der Waals surface area contributed by atoms with Gasteiger partial charge in [-0.05, 0) is 45.9 Å². The van der Waals surface area contributed by atoms with Crippen LogP contribution in [0.5, 0.6) is 0 Å². The lowest BCUT2D eigenvalue weighted by Crippen LogP contribution is -2.02. The highest BCUT2D eigenvalue weighted by Gasteiger charge is 2.27. The summed E-state index contributed by atoms with van der Waals surface area (Å²) in [7, 11) is 0. The Labute approximate surface area is 154 Å². The van der Waals surface area contributed by atoms with Gasteiger partial charge >= 0.3 is 0 Å². The fraction of sp³-hybridized carbons (Fsp3) is 0.0833. The van der Waals surface area contributed by atoms with Crippen molar-refractivity contribution in [1.29, 1.82) is 0 Å². The van der Waals surface area contributed by atoms with Crippen LogP contribution in [0, 0.1) is 0 Å². The molecule has 2 nitrogen and oxygen atoms in total. The van der Waals surface area contributed by atoms with E-state index >= 15 is 0 Å². The monoisotopic (exact) mass is 339 g/mol. The molecule has 0 bridgehead atoms. The van der Waals surface area contributed by atoms with Crippen LogP contribution in [0.15, 0.2) is 91.1 Å². The molecule has 0 unspecified atom stereocenters. The third kappa shape index (κ3) is 3.07. The van der Waals surface area contributed by atoms with E-state index in [1.165, 1.54) is 27.8 Å². The molecule has 0 saturated heterocycles. The molecule has 2 heteroatoms. The Balaban J connectivity index is 1.60. The first-order chi connectivity index (χ1) is 12.8. The van der Waals surface area contributed by atoms with E-state index in [2.05, 4.69) is 79.4 Å². The van der Waals surface area contributed by atoms with Crippen molar-refractivity contribution in [2.24, 2.45) is 0 Å². The largest absolute Gasteiger partial charge is 0.291 e. The molecule has 0 atom stereocenters. The summed E-state index contributed by atoms with van der Waals surface area (Å²) in [5, 5.41) is 8.78. The number of benzene rings is 3. The van der Waals surface area contributed by atoms with Crippen molar-refractivity contribution < 1.29 is 5.21 Å². The Bertz CT molecular complexity index is 924. The van der Waals surface area contributed by atoms with Gasteiger partial charge in [0, 0.05) is 5.92 Å². The summed E-state index contributed by atoms with van der Waals surface area (Å²) in [6.45, 7) is 3.67. The zero-order chi connectivity index (χ0) is 17.9. The van der Waals surface area contributed by atoms with Crippen LogP contribution in [0.3, 0.4) is 0 Å². The van der Waals surface area contributed by atoms with E-state index in [0.29, 0.717) is 11.6 Å². The van der Waals surface area contributed by atoms with Crippen LogP contribution in [-0.4, -0.2) is 5.21 Å². The smallest absolute Gasteiger partial charge is 0.0530 e. The van der Waals surface area contributed by atoms with E-state index in [-0.39, 0.29) is 0 Å². The zero-order valence-electron chi connectivity index (χ0n) is 14.5. The third-order valence-corrected chi connectivity index (χ3v) is 5.00. The first-order valence-corrected chi connectivity index (χ1v) is 8.80. The van der Waals surface area contributed by atoms with Gasteiger partial charge in [-0.15, -0.1) is 0 Å². The van der Waals surface area contributed by atoms with Crippen molar-refractivity contribution in [2.75, 3.05) is 0 Å². The molecule has 0 saturated carbocycles. The van der Waals surface area contributed by atoms with Gasteiger partial charge in [0.25, 0.3) is 0 Å². The first kappa shape index (κ1) is 16.4. The van der Waals surface area contributed by atoms with Gasteiger partial charge in [-0.3, -0.25) is 10.7 Å². The minimum atomic E-state index is 0.405. The summed E-state index contributed by atoms with van der Waals surface area (Å²) in [5.74, 6) is 0.405. The second kappa shape index (κ2) is 7.03. The van der Waals surface area contributed by atoms with Gasteiger partial charge in [-0.1, -0.05) is 85.5 Å². The maximum Gasteiger partial charge on any atom is 0.0530 e. The van der Waals surface area contributed by atoms with Crippen LogP contribution in [-0.2, 0) is 6.42 Å². The molecule has 2 N–H and O–H groups in total. The third-order valence-electron chi connectivity index (χ3n) is 5.00. The fourth-order valence-electron chi connectivity index (χ4n) is 3.71. The van der Waals surface area contributed by atoms with E-state index in [4.69, 9.17) is 5.21 Å². The number of nitrogens with one attached hydrogen (secondary N) is 1. The molecule has 128 valence electrons. The number of hydrogen-bond donors (Lipinski definition) is 2. The van der Waals surface area contributed by atoms with Crippen LogP contribution in [0.25, 0.3) is 17.2 Å². The summed E-state index contributed by atoms with van der Waals surface area (Å²) < 4.78 is 0. The molecule has 26 heavy (non-hydrogen) atoms. The highest BCUT2D eigenvalue weighted by Crippen LogP contribution is 2.45. The summed E-state index contributed by atoms with van der Waals surface area (Å²) >= 11 is 0. The Morgan fingerprint density at radius 1 is 0.885 bits per heavy atom. The highest BCUT2D eigenvalue weighted by molar-refractivity contribution is 5.78. The Kier molecular flexibility index (Phi) is 4.42. The number of hydroxylamine groups is 1. The van der Waals surface area contributed by atoms with Gasteiger partial charge in [-0.2, -0.15) is 0 Å². The Hall–Kier alpha value is -3.10. The van der Waals surface area contributed by atoms with E-state index in [1.807, 2.05) is 11.6 Å². The zero-order valence-corrected chi connectivity index (χ0v) is 14.5. The van der Waals surface area contributed by atoms with Crippen molar-refractivity contribution in [2.45, 2.75) is 12.3 Å². The summed E-state index contributed by atoms with van der Waals surface area (Å²) in [4.78, 5) is 0. The average molecular weight is 339 g/mol. The Morgan fingerprint density at radius 3 is 2.04 bits per heavy atom. The molecule has 3 aromatic carbocycles. The van der Waals surface area contributed by atoms with Gasteiger partial charge < -0.3 is 0 Å². The van der Waals surface area contributed by atoms with E-state index in [1.54, 1.807) is 6.08 Å². The molecule has 4 rings (SSSR count). The van der Waals surface area contributed by atoms with Crippen LogP contribution in [0.4, 0.5) is 0 Å². The number of allylic oxidation sites excluding steroid dienone is 1. The predicted octanol–water partition coefficient (Wildman–Crippen LogP) is 5.55. The minimum absolute atomic E-state index is 0.405. The van der Waals surface area contributed by atoms with E-state index < -0.39 is 0 Å². The van der Waals surface area contributed by atoms with Crippen molar-refractivity contribution in [3.63, 3.8) is 0 Å². The second-order valence-corrected chi connectivity index (χ2v) is 6.64. The molecule has 0 amide bonds. The lowest BCUT2D eigenvalue weighted by atomic mass is 9.90. The van der Waals surface area contributed by atoms with Crippen molar-refractivity contribution in [3.8, 4) is 11.1 Å². The molecule has 0 heterocycles. The normalized spacial score (nSPS) is 12.8.